The predicted molar refractivity (Wildman–Crippen MR) is 63.3 cm³/mol. The quantitative estimate of drug-likeness (QED) is 0.594. The second kappa shape index (κ2) is 6.19. The Morgan fingerprint density at radius 2 is 2.31 bits per heavy atom. The van der Waals surface area contributed by atoms with Gasteiger partial charge < -0.3 is 4.74 Å². The van der Waals surface area contributed by atoms with E-state index in [-0.39, 0.29) is 12.4 Å². The molecule has 0 bridgehead atoms. The third kappa shape index (κ3) is 3.28. The molecule has 3 nitrogen and oxygen atoms in total. The van der Waals surface area contributed by atoms with E-state index >= 15 is 0 Å². The molecule has 0 N–H and O–H groups in total. The summed E-state index contributed by atoms with van der Waals surface area (Å²) in [6.45, 7) is 2.13. The van der Waals surface area contributed by atoms with Gasteiger partial charge in [0.25, 0.3) is 0 Å². The third-order valence-corrected chi connectivity index (χ3v) is 2.80. The lowest BCUT2D eigenvalue weighted by Crippen LogP contribution is -2.08. The number of carbonyl (C=O) groups is 1. The highest BCUT2D eigenvalue weighted by molar-refractivity contribution is 7.98. The molecule has 0 heterocycles. The maximum atomic E-state index is 11.3. The zero-order chi connectivity index (χ0) is 12.0. The van der Waals surface area contributed by atoms with Gasteiger partial charge in [0.05, 0.1) is 24.7 Å². The van der Waals surface area contributed by atoms with Crippen molar-refractivity contribution in [1.82, 2.24) is 0 Å². The van der Waals surface area contributed by atoms with Gasteiger partial charge in [0.2, 0.25) is 0 Å². The van der Waals surface area contributed by atoms with Crippen LogP contribution in [0.1, 0.15) is 18.1 Å². The van der Waals surface area contributed by atoms with Gasteiger partial charge in [-0.1, -0.05) is 6.07 Å². The zero-order valence-electron chi connectivity index (χ0n) is 9.32. The first-order chi connectivity index (χ1) is 7.71. The number of ether oxygens (including phenoxy) is 1. The molecule has 0 fully saturated rings. The van der Waals surface area contributed by atoms with E-state index in [0.29, 0.717) is 12.2 Å². The largest absolute Gasteiger partial charge is 0.466 e. The lowest BCUT2D eigenvalue weighted by Gasteiger charge is -2.05. The molecule has 0 spiro atoms. The molecule has 0 unspecified atom stereocenters. The normalized spacial score (nSPS) is 9.56. The highest BCUT2D eigenvalue weighted by atomic mass is 32.2. The molecule has 84 valence electrons. The summed E-state index contributed by atoms with van der Waals surface area (Å²) in [7, 11) is 0. The molecule has 1 rings (SSSR count). The third-order valence-electron chi connectivity index (χ3n) is 2.08. The van der Waals surface area contributed by atoms with E-state index in [1.165, 1.54) is 0 Å². The lowest BCUT2D eigenvalue weighted by molar-refractivity contribution is -0.142. The average molecular weight is 235 g/mol. The maximum absolute atomic E-state index is 11.3. The maximum Gasteiger partial charge on any atom is 0.310 e. The Hall–Kier alpha value is -1.47. The fraction of sp³-hybridized carbons (Fsp3) is 0.333. The van der Waals surface area contributed by atoms with E-state index in [0.717, 1.165) is 10.5 Å². The van der Waals surface area contributed by atoms with Gasteiger partial charge in [0.1, 0.15) is 0 Å². The van der Waals surface area contributed by atoms with Crippen molar-refractivity contribution in [3.63, 3.8) is 0 Å². The van der Waals surface area contributed by atoms with Gasteiger partial charge >= 0.3 is 5.97 Å². The second-order valence-corrected chi connectivity index (χ2v) is 4.00. The summed E-state index contributed by atoms with van der Waals surface area (Å²) in [6.07, 6.45) is 2.10. The monoisotopic (exact) mass is 235 g/mol. The molecule has 1 aromatic rings. The summed E-state index contributed by atoms with van der Waals surface area (Å²) in [4.78, 5) is 12.3. The van der Waals surface area contributed by atoms with Crippen molar-refractivity contribution in [2.24, 2.45) is 0 Å². The summed E-state index contributed by atoms with van der Waals surface area (Å²) < 4.78 is 4.85. The van der Waals surface area contributed by atoms with Gasteiger partial charge in [-0.15, -0.1) is 11.8 Å². The number of hydrogen-bond donors (Lipinski definition) is 0. The van der Waals surface area contributed by atoms with E-state index in [1.807, 2.05) is 12.3 Å². The van der Waals surface area contributed by atoms with Crippen LogP contribution in [0.4, 0.5) is 0 Å². The van der Waals surface area contributed by atoms with Gasteiger partial charge in [0.15, 0.2) is 0 Å². The molecule has 1 aromatic carbocycles. The van der Waals surface area contributed by atoms with E-state index in [4.69, 9.17) is 10.00 Å². The molecule has 0 aliphatic carbocycles. The number of esters is 1. The van der Waals surface area contributed by atoms with Crippen molar-refractivity contribution < 1.29 is 9.53 Å². The fourth-order valence-corrected chi connectivity index (χ4v) is 1.75. The number of nitriles is 1. The van der Waals surface area contributed by atoms with Gasteiger partial charge in [-0.2, -0.15) is 5.26 Å². The number of carbonyl (C=O) groups excluding carboxylic acids is 1. The summed E-state index contributed by atoms with van der Waals surface area (Å²) in [6, 6.07) is 7.60. The highest BCUT2D eigenvalue weighted by Crippen LogP contribution is 2.19. The summed E-state index contributed by atoms with van der Waals surface area (Å²) >= 11 is 1.57. The van der Waals surface area contributed by atoms with Crippen molar-refractivity contribution in [3.8, 4) is 6.07 Å². The Balaban J connectivity index is 2.88. The molecule has 0 radical (unpaired) electrons. The summed E-state index contributed by atoms with van der Waals surface area (Å²) in [5.41, 5.74) is 1.26. The highest BCUT2D eigenvalue weighted by Gasteiger charge is 2.09. The van der Waals surface area contributed by atoms with Crippen LogP contribution in [-0.2, 0) is 16.0 Å². The van der Waals surface area contributed by atoms with E-state index in [9.17, 15) is 4.79 Å². The molecule has 4 heteroatoms. The number of benzene rings is 1. The van der Waals surface area contributed by atoms with Crippen LogP contribution in [-0.4, -0.2) is 18.8 Å². The van der Waals surface area contributed by atoms with Crippen LogP contribution in [0.3, 0.4) is 0 Å². The Bertz CT molecular complexity index is 424. The molecule has 0 saturated heterocycles. The zero-order valence-corrected chi connectivity index (χ0v) is 10.1. The molecule has 0 amide bonds. The first kappa shape index (κ1) is 12.6. The number of hydrogen-bond acceptors (Lipinski definition) is 4. The molecular formula is C12H13NO2S. The fourth-order valence-electron chi connectivity index (χ4n) is 1.31. The van der Waals surface area contributed by atoms with E-state index in [1.54, 1.807) is 30.8 Å². The van der Waals surface area contributed by atoms with Gasteiger partial charge in [-0.3, -0.25) is 4.79 Å². The minimum Gasteiger partial charge on any atom is -0.466 e. The standard InChI is InChI=1S/C12H13NO2S/c1-3-15-12(14)7-9-4-5-11(16-2)6-10(9)8-13/h4-6H,3,7H2,1-2H3. The van der Waals surface area contributed by atoms with Crippen LogP contribution >= 0.6 is 11.8 Å². The topological polar surface area (TPSA) is 50.1 Å². The van der Waals surface area contributed by atoms with Crippen LogP contribution in [0.15, 0.2) is 23.1 Å². The average Bonchev–Trinajstić information content (AvgIpc) is 2.30. The van der Waals surface area contributed by atoms with Crippen LogP contribution in [0.2, 0.25) is 0 Å². The van der Waals surface area contributed by atoms with Gasteiger partial charge in [-0.05, 0) is 30.9 Å². The number of nitrogens with zero attached hydrogens (tertiary/aromatic N) is 1. The van der Waals surface area contributed by atoms with Crippen molar-refractivity contribution in [2.45, 2.75) is 18.2 Å². The molecule has 0 atom stereocenters. The van der Waals surface area contributed by atoms with E-state index in [2.05, 4.69) is 6.07 Å². The Morgan fingerprint density at radius 3 is 2.88 bits per heavy atom. The van der Waals surface area contributed by atoms with Gasteiger partial charge in [-0.25, -0.2) is 0 Å². The van der Waals surface area contributed by atoms with Crippen LogP contribution in [0.5, 0.6) is 0 Å². The first-order valence-corrected chi connectivity index (χ1v) is 6.16. The summed E-state index contributed by atoms with van der Waals surface area (Å²) in [5, 5.41) is 8.97. The minimum absolute atomic E-state index is 0.158. The molecule has 0 aliphatic rings. The Morgan fingerprint density at radius 1 is 1.56 bits per heavy atom. The van der Waals surface area contributed by atoms with Crippen LogP contribution in [0, 0.1) is 11.3 Å². The molecule has 0 aromatic heterocycles. The number of thioether (sulfide) groups is 1. The summed E-state index contributed by atoms with van der Waals surface area (Å²) in [5.74, 6) is -0.295. The SMILES string of the molecule is CCOC(=O)Cc1ccc(SC)cc1C#N. The molecule has 0 aliphatic heterocycles. The van der Waals surface area contributed by atoms with Crippen LogP contribution in [0.25, 0.3) is 0 Å². The van der Waals surface area contributed by atoms with Crippen molar-refractivity contribution >= 4 is 17.7 Å². The van der Waals surface area contributed by atoms with E-state index < -0.39 is 0 Å². The Kier molecular flexibility index (Phi) is 4.87. The lowest BCUT2D eigenvalue weighted by atomic mass is 10.1. The van der Waals surface area contributed by atoms with Crippen molar-refractivity contribution in [2.75, 3.05) is 12.9 Å². The van der Waals surface area contributed by atoms with Crippen LogP contribution < -0.4 is 0 Å². The minimum atomic E-state index is -0.295. The van der Waals surface area contributed by atoms with Gasteiger partial charge in [0, 0.05) is 4.90 Å². The Labute approximate surface area is 99.4 Å². The smallest absolute Gasteiger partial charge is 0.310 e. The molecular weight excluding hydrogens is 222 g/mol. The van der Waals surface area contributed by atoms with Crippen molar-refractivity contribution in [1.29, 1.82) is 5.26 Å². The van der Waals surface area contributed by atoms with Crippen molar-refractivity contribution in [3.05, 3.63) is 29.3 Å². The first-order valence-electron chi connectivity index (χ1n) is 4.94. The molecule has 16 heavy (non-hydrogen) atoms. The predicted octanol–water partition coefficient (Wildman–Crippen LogP) is 2.39. The molecule has 0 saturated carbocycles. The second-order valence-electron chi connectivity index (χ2n) is 3.12. The number of rotatable bonds is 4.